The molecule has 140 valence electrons. The van der Waals surface area contributed by atoms with Crippen molar-refractivity contribution in [3.05, 3.63) is 82.0 Å². The Morgan fingerprint density at radius 2 is 2.11 bits per heavy atom. The second-order valence-electron chi connectivity index (χ2n) is 5.99. The zero-order chi connectivity index (χ0) is 19.7. The first-order valence-electron chi connectivity index (χ1n) is 8.51. The fraction of sp³-hybridized carbons (Fsp3) is 0.0952. The molecule has 2 aromatic heterocycles. The minimum atomic E-state index is -0.707. The zero-order valence-electron chi connectivity index (χ0n) is 15.0. The topological polar surface area (TPSA) is 73.8 Å². The molecule has 4 aromatic rings. The van der Waals surface area contributed by atoms with Gasteiger partial charge in [0, 0.05) is 11.9 Å². The van der Waals surface area contributed by atoms with E-state index in [0.717, 1.165) is 10.2 Å². The van der Waals surface area contributed by atoms with Gasteiger partial charge in [-0.25, -0.2) is 4.79 Å². The Morgan fingerprint density at radius 3 is 2.89 bits per heavy atom. The van der Waals surface area contributed by atoms with Gasteiger partial charge in [0.05, 0.1) is 11.8 Å². The lowest BCUT2D eigenvalue weighted by Gasteiger charge is -2.06. The summed E-state index contributed by atoms with van der Waals surface area (Å²) in [6.07, 6.45) is 1.71. The molecule has 6 nitrogen and oxygen atoms in total. The number of para-hydroxylation sites is 2. The van der Waals surface area contributed by atoms with Crippen LogP contribution >= 0.6 is 11.3 Å². The zero-order valence-corrected chi connectivity index (χ0v) is 15.9. The van der Waals surface area contributed by atoms with Crippen molar-refractivity contribution < 1.29 is 13.9 Å². The van der Waals surface area contributed by atoms with E-state index < -0.39 is 11.5 Å². The van der Waals surface area contributed by atoms with E-state index in [9.17, 15) is 9.59 Å². The molecule has 0 unspecified atom stereocenters. The molecular formula is C21H16N2O4S. The predicted octanol–water partition coefficient (Wildman–Crippen LogP) is 3.74. The van der Waals surface area contributed by atoms with Crippen LogP contribution in [0.1, 0.15) is 10.4 Å². The van der Waals surface area contributed by atoms with Gasteiger partial charge in [-0.3, -0.25) is 4.79 Å². The van der Waals surface area contributed by atoms with Gasteiger partial charge in [0.25, 0.3) is 5.91 Å². The standard InChI is InChI=1S/C21H16N2O4S/c1-3-11-23-18-16(26-2)9-6-10-17(18)28-21(23)22-19(24)14-12-13-7-4-5-8-15(13)27-20(14)25/h3-10,12H,1,11H2,2H3. The van der Waals surface area contributed by atoms with Crippen LogP contribution in [0, 0.1) is 0 Å². The van der Waals surface area contributed by atoms with Gasteiger partial charge in [-0.2, -0.15) is 4.99 Å². The first-order chi connectivity index (χ1) is 13.6. The molecule has 0 spiro atoms. The van der Waals surface area contributed by atoms with Crippen LogP contribution < -0.4 is 15.2 Å². The number of hydrogen-bond acceptors (Lipinski definition) is 5. The average Bonchev–Trinajstić information content (AvgIpc) is 3.05. The molecule has 7 heteroatoms. The van der Waals surface area contributed by atoms with Crippen molar-refractivity contribution >= 4 is 38.4 Å². The number of aromatic nitrogens is 1. The van der Waals surface area contributed by atoms with E-state index in [1.807, 2.05) is 28.8 Å². The third kappa shape index (κ3) is 3.05. The molecule has 0 aliphatic carbocycles. The van der Waals surface area contributed by atoms with Crippen molar-refractivity contribution in [3.63, 3.8) is 0 Å². The lowest BCUT2D eigenvalue weighted by molar-refractivity contribution is 0.0994. The third-order valence-corrected chi connectivity index (χ3v) is 5.31. The normalized spacial score (nSPS) is 11.8. The monoisotopic (exact) mass is 392 g/mol. The highest BCUT2D eigenvalue weighted by atomic mass is 32.1. The Hall–Kier alpha value is -3.45. The van der Waals surface area contributed by atoms with Crippen molar-refractivity contribution in [2.75, 3.05) is 7.11 Å². The molecule has 2 aromatic carbocycles. The average molecular weight is 392 g/mol. The number of benzene rings is 2. The molecular weight excluding hydrogens is 376 g/mol. The summed E-state index contributed by atoms with van der Waals surface area (Å²) in [5.41, 5.74) is 0.444. The van der Waals surface area contributed by atoms with Gasteiger partial charge >= 0.3 is 5.63 Å². The summed E-state index contributed by atoms with van der Waals surface area (Å²) in [4.78, 5) is 29.7. The molecule has 1 amide bonds. The number of fused-ring (bicyclic) bond motifs is 2. The smallest absolute Gasteiger partial charge is 0.349 e. The van der Waals surface area contributed by atoms with Crippen molar-refractivity contribution in [2.45, 2.75) is 6.54 Å². The summed E-state index contributed by atoms with van der Waals surface area (Å²) in [5.74, 6) is 0.0255. The van der Waals surface area contributed by atoms with Crippen LogP contribution in [-0.4, -0.2) is 17.6 Å². The van der Waals surface area contributed by atoms with Gasteiger partial charge < -0.3 is 13.7 Å². The van der Waals surface area contributed by atoms with E-state index in [4.69, 9.17) is 9.15 Å². The van der Waals surface area contributed by atoms with E-state index in [2.05, 4.69) is 11.6 Å². The molecule has 0 saturated carbocycles. The van der Waals surface area contributed by atoms with Crippen molar-refractivity contribution in [1.29, 1.82) is 0 Å². The van der Waals surface area contributed by atoms with Crippen LogP contribution in [0.2, 0.25) is 0 Å². The summed E-state index contributed by atoms with van der Waals surface area (Å²) in [5, 5.41) is 0.664. The number of amides is 1. The Labute approximate surface area is 163 Å². The molecule has 0 fully saturated rings. The van der Waals surface area contributed by atoms with E-state index in [-0.39, 0.29) is 5.56 Å². The van der Waals surface area contributed by atoms with Crippen LogP contribution in [0.3, 0.4) is 0 Å². The van der Waals surface area contributed by atoms with Crippen LogP contribution in [0.4, 0.5) is 0 Å². The summed E-state index contributed by atoms with van der Waals surface area (Å²) >= 11 is 1.34. The van der Waals surface area contributed by atoms with Crippen LogP contribution in [0.25, 0.3) is 21.2 Å². The molecule has 0 aliphatic rings. The van der Waals surface area contributed by atoms with Crippen molar-refractivity contribution in [3.8, 4) is 5.75 Å². The number of ether oxygens (including phenoxy) is 1. The molecule has 0 bridgehead atoms. The molecule has 0 aliphatic heterocycles. The van der Waals surface area contributed by atoms with Gasteiger partial charge in [-0.05, 0) is 24.3 Å². The van der Waals surface area contributed by atoms with Gasteiger partial charge in [0.15, 0.2) is 4.80 Å². The molecule has 0 atom stereocenters. The lowest BCUT2D eigenvalue weighted by Crippen LogP contribution is -2.19. The second-order valence-corrected chi connectivity index (χ2v) is 7.00. The number of allylic oxidation sites excluding steroid dienone is 1. The van der Waals surface area contributed by atoms with Gasteiger partial charge in [-0.15, -0.1) is 6.58 Å². The first kappa shape index (κ1) is 17.9. The Kier molecular flexibility index (Phi) is 4.67. The Balaban J connectivity index is 1.91. The predicted molar refractivity (Wildman–Crippen MR) is 109 cm³/mol. The minimum absolute atomic E-state index is 0.103. The molecule has 2 heterocycles. The fourth-order valence-electron chi connectivity index (χ4n) is 3.00. The number of rotatable bonds is 4. The van der Waals surface area contributed by atoms with Crippen LogP contribution in [0.15, 0.2) is 75.4 Å². The molecule has 0 saturated heterocycles. The van der Waals surface area contributed by atoms with E-state index in [1.54, 1.807) is 31.4 Å². The minimum Gasteiger partial charge on any atom is -0.495 e. The Bertz CT molecular complexity index is 1340. The molecule has 28 heavy (non-hydrogen) atoms. The Morgan fingerprint density at radius 1 is 1.29 bits per heavy atom. The van der Waals surface area contributed by atoms with Gasteiger partial charge in [0.2, 0.25) is 0 Å². The second kappa shape index (κ2) is 7.28. The van der Waals surface area contributed by atoms with Crippen molar-refractivity contribution in [2.24, 2.45) is 4.99 Å². The number of thiazole rings is 1. The number of carbonyl (C=O) groups is 1. The maximum atomic E-state index is 12.8. The number of hydrogen-bond donors (Lipinski definition) is 0. The van der Waals surface area contributed by atoms with E-state index >= 15 is 0 Å². The van der Waals surface area contributed by atoms with Crippen molar-refractivity contribution in [1.82, 2.24) is 4.57 Å². The summed E-state index contributed by atoms with van der Waals surface area (Å²) in [6.45, 7) is 4.22. The number of nitrogens with zero attached hydrogens (tertiary/aromatic N) is 2. The molecule has 4 rings (SSSR count). The summed E-state index contributed by atoms with van der Waals surface area (Å²) in [7, 11) is 1.59. The van der Waals surface area contributed by atoms with E-state index in [0.29, 0.717) is 28.1 Å². The van der Waals surface area contributed by atoms with Crippen LogP contribution in [-0.2, 0) is 6.54 Å². The summed E-state index contributed by atoms with van der Waals surface area (Å²) < 4.78 is 13.4. The number of methoxy groups -OCH3 is 1. The lowest BCUT2D eigenvalue weighted by atomic mass is 10.2. The highest BCUT2D eigenvalue weighted by Crippen LogP contribution is 2.27. The summed E-state index contributed by atoms with van der Waals surface area (Å²) in [6, 6.07) is 14.2. The maximum absolute atomic E-state index is 12.8. The van der Waals surface area contributed by atoms with Gasteiger partial charge in [-0.1, -0.05) is 41.7 Å². The largest absolute Gasteiger partial charge is 0.495 e. The third-order valence-electron chi connectivity index (χ3n) is 4.26. The highest BCUT2D eigenvalue weighted by Gasteiger charge is 2.15. The first-order valence-corrected chi connectivity index (χ1v) is 9.33. The van der Waals surface area contributed by atoms with Crippen LogP contribution in [0.5, 0.6) is 5.75 Å². The fourth-order valence-corrected chi connectivity index (χ4v) is 4.06. The molecule has 0 N–H and O–H groups in total. The maximum Gasteiger partial charge on any atom is 0.349 e. The SMILES string of the molecule is C=CCn1c(=NC(=O)c2cc3ccccc3oc2=O)sc2cccc(OC)c21. The van der Waals surface area contributed by atoms with Gasteiger partial charge in [0.1, 0.15) is 22.4 Å². The highest BCUT2D eigenvalue weighted by molar-refractivity contribution is 7.16. The van der Waals surface area contributed by atoms with E-state index in [1.165, 1.54) is 17.4 Å². The number of carbonyl (C=O) groups excluding carboxylic acids is 1. The quantitative estimate of drug-likeness (QED) is 0.392. The molecule has 0 radical (unpaired) electrons.